The number of hydrogen-bond acceptors (Lipinski definition) is 4. The first-order valence-corrected chi connectivity index (χ1v) is 4.36. The van der Waals surface area contributed by atoms with E-state index in [0.717, 1.165) is 0 Å². The van der Waals surface area contributed by atoms with Crippen LogP contribution in [0.3, 0.4) is 0 Å². The van der Waals surface area contributed by atoms with E-state index < -0.39 is 11.5 Å². The number of carboxylic acid groups (broad SMARTS) is 1. The van der Waals surface area contributed by atoms with Crippen molar-refractivity contribution in [2.24, 2.45) is 5.73 Å². The van der Waals surface area contributed by atoms with Gasteiger partial charge in [-0.2, -0.15) is 0 Å². The molecule has 4 N–H and O–H groups in total. The van der Waals surface area contributed by atoms with Crippen LogP contribution in [-0.4, -0.2) is 28.3 Å². The smallest absolute Gasteiger partial charge is 0.326 e. The zero-order valence-electron chi connectivity index (χ0n) is 8.30. The number of ether oxygens (including phenoxy) is 1. The van der Waals surface area contributed by atoms with E-state index in [1.165, 1.54) is 19.1 Å². The largest absolute Gasteiger partial charge is 0.504 e. The lowest BCUT2D eigenvalue weighted by Crippen LogP contribution is -2.49. The molecule has 5 heteroatoms. The van der Waals surface area contributed by atoms with Gasteiger partial charge in [0.1, 0.15) is 12.1 Å². The van der Waals surface area contributed by atoms with E-state index >= 15 is 0 Å². The molecule has 0 aromatic heterocycles. The summed E-state index contributed by atoms with van der Waals surface area (Å²) < 4.78 is 5.11. The molecule has 0 spiro atoms. The molecule has 0 saturated heterocycles. The first-order chi connectivity index (χ1) is 6.93. The van der Waals surface area contributed by atoms with Gasteiger partial charge in [-0.25, -0.2) is 0 Å². The van der Waals surface area contributed by atoms with Crippen LogP contribution in [0, 0.1) is 0 Å². The van der Waals surface area contributed by atoms with Gasteiger partial charge in [0.05, 0.1) is 0 Å². The summed E-state index contributed by atoms with van der Waals surface area (Å²) in [5.74, 6) is -0.980. The number of rotatable bonds is 4. The number of phenolic OH excluding ortho intramolecular Hbond substituents is 1. The summed E-state index contributed by atoms with van der Waals surface area (Å²) in [7, 11) is 0. The molecule has 15 heavy (non-hydrogen) atoms. The van der Waals surface area contributed by atoms with Gasteiger partial charge in [0.15, 0.2) is 11.5 Å². The molecule has 0 heterocycles. The normalized spacial score (nSPS) is 14.3. The molecule has 1 atom stereocenters. The lowest BCUT2D eigenvalue weighted by Gasteiger charge is -2.19. The van der Waals surface area contributed by atoms with Gasteiger partial charge in [-0.3, -0.25) is 4.79 Å². The topological polar surface area (TPSA) is 92.8 Å². The van der Waals surface area contributed by atoms with Crippen LogP contribution in [0.25, 0.3) is 0 Å². The Morgan fingerprint density at radius 1 is 1.53 bits per heavy atom. The molecule has 1 unspecified atom stereocenters. The summed E-state index contributed by atoms with van der Waals surface area (Å²) in [6.07, 6.45) is 0. The number of aromatic hydroxyl groups is 1. The number of carboxylic acids is 1. The van der Waals surface area contributed by atoms with Crippen molar-refractivity contribution in [1.29, 1.82) is 0 Å². The molecule has 0 saturated carbocycles. The van der Waals surface area contributed by atoms with Gasteiger partial charge >= 0.3 is 5.97 Å². The minimum absolute atomic E-state index is 0.0429. The molecule has 0 aliphatic rings. The van der Waals surface area contributed by atoms with Gasteiger partial charge in [-0.05, 0) is 19.1 Å². The summed E-state index contributed by atoms with van der Waals surface area (Å²) in [5, 5.41) is 18.1. The van der Waals surface area contributed by atoms with Crippen molar-refractivity contribution in [3.8, 4) is 11.5 Å². The van der Waals surface area contributed by atoms with Crippen molar-refractivity contribution in [2.75, 3.05) is 6.61 Å². The minimum atomic E-state index is -1.47. The predicted octanol–water partition coefficient (Wildman–Crippen LogP) is 0.573. The van der Waals surface area contributed by atoms with Crippen LogP contribution in [0.5, 0.6) is 11.5 Å². The Kier molecular flexibility index (Phi) is 3.16. The SMILES string of the molecule is CC(N)(COc1ccccc1O)C(=O)O. The second-order valence-electron chi connectivity index (χ2n) is 3.48. The average Bonchev–Trinajstić information content (AvgIpc) is 2.16. The van der Waals surface area contributed by atoms with E-state index in [1.807, 2.05) is 0 Å². The first-order valence-electron chi connectivity index (χ1n) is 4.36. The quantitative estimate of drug-likeness (QED) is 0.677. The fourth-order valence-electron chi connectivity index (χ4n) is 0.869. The maximum atomic E-state index is 10.7. The van der Waals surface area contributed by atoms with Crippen molar-refractivity contribution < 1.29 is 19.7 Å². The fraction of sp³-hybridized carbons (Fsp3) is 0.300. The number of benzene rings is 1. The van der Waals surface area contributed by atoms with Crippen molar-refractivity contribution >= 4 is 5.97 Å². The van der Waals surface area contributed by atoms with E-state index in [0.29, 0.717) is 0 Å². The zero-order valence-corrected chi connectivity index (χ0v) is 8.30. The number of hydrogen-bond donors (Lipinski definition) is 3. The number of phenols is 1. The fourth-order valence-corrected chi connectivity index (χ4v) is 0.869. The van der Waals surface area contributed by atoms with E-state index in [2.05, 4.69) is 0 Å². The van der Waals surface area contributed by atoms with Crippen molar-refractivity contribution in [3.05, 3.63) is 24.3 Å². The Labute approximate surface area is 87.1 Å². The van der Waals surface area contributed by atoms with Crippen LogP contribution < -0.4 is 10.5 Å². The van der Waals surface area contributed by atoms with Crippen LogP contribution in [0.15, 0.2) is 24.3 Å². The Morgan fingerprint density at radius 3 is 2.67 bits per heavy atom. The van der Waals surface area contributed by atoms with Crippen LogP contribution >= 0.6 is 0 Å². The van der Waals surface area contributed by atoms with Gasteiger partial charge in [-0.1, -0.05) is 12.1 Å². The molecular weight excluding hydrogens is 198 g/mol. The molecule has 0 amide bonds. The zero-order chi connectivity index (χ0) is 11.5. The van der Waals surface area contributed by atoms with E-state index in [-0.39, 0.29) is 18.1 Å². The molecule has 0 aliphatic heterocycles. The van der Waals surface area contributed by atoms with Crippen LogP contribution in [0.2, 0.25) is 0 Å². The molecule has 1 aromatic carbocycles. The van der Waals surface area contributed by atoms with Gasteiger partial charge in [-0.15, -0.1) is 0 Å². The molecule has 82 valence electrons. The third-order valence-corrected chi connectivity index (χ3v) is 1.88. The van der Waals surface area contributed by atoms with Gasteiger partial charge in [0.25, 0.3) is 0 Å². The van der Waals surface area contributed by atoms with E-state index in [4.69, 9.17) is 15.6 Å². The summed E-state index contributed by atoms with van der Waals surface area (Å²) >= 11 is 0. The van der Waals surface area contributed by atoms with Crippen molar-refractivity contribution in [1.82, 2.24) is 0 Å². The summed E-state index contributed by atoms with van der Waals surface area (Å²) in [5.41, 5.74) is 3.98. The maximum Gasteiger partial charge on any atom is 0.326 e. The Morgan fingerprint density at radius 2 is 2.13 bits per heavy atom. The predicted molar refractivity (Wildman–Crippen MR) is 53.8 cm³/mol. The lowest BCUT2D eigenvalue weighted by atomic mass is 10.1. The lowest BCUT2D eigenvalue weighted by molar-refractivity contribution is -0.143. The number of carbonyl (C=O) groups is 1. The number of nitrogens with two attached hydrogens (primary N) is 1. The molecule has 0 bridgehead atoms. The molecule has 1 aromatic rings. The second kappa shape index (κ2) is 4.18. The van der Waals surface area contributed by atoms with Crippen molar-refractivity contribution in [2.45, 2.75) is 12.5 Å². The van der Waals surface area contributed by atoms with E-state index in [1.54, 1.807) is 12.1 Å². The highest BCUT2D eigenvalue weighted by Gasteiger charge is 2.29. The molecule has 1 rings (SSSR count). The third kappa shape index (κ3) is 2.85. The van der Waals surface area contributed by atoms with Crippen LogP contribution in [0.4, 0.5) is 0 Å². The van der Waals surface area contributed by atoms with Crippen molar-refractivity contribution in [3.63, 3.8) is 0 Å². The molecule has 0 radical (unpaired) electrons. The summed E-state index contributed by atoms with van der Waals surface area (Å²) in [6, 6.07) is 6.29. The number of aliphatic carboxylic acids is 1. The minimum Gasteiger partial charge on any atom is -0.504 e. The highest BCUT2D eigenvalue weighted by Crippen LogP contribution is 2.24. The van der Waals surface area contributed by atoms with Gasteiger partial charge in [0, 0.05) is 0 Å². The third-order valence-electron chi connectivity index (χ3n) is 1.88. The Hall–Kier alpha value is -1.75. The highest BCUT2D eigenvalue weighted by molar-refractivity contribution is 5.78. The maximum absolute atomic E-state index is 10.7. The van der Waals surface area contributed by atoms with Gasteiger partial charge in [0.2, 0.25) is 0 Å². The first kappa shape index (κ1) is 11.3. The monoisotopic (exact) mass is 211 g/mol. The summed E-state index contributed by atoms with van der Waals surface area (Å²) in [4.78, 5) is 10.7. The molecule has 5 nitrogen and oxygen atoms in total. The highest BCUT2D eigenvalue weighted by atomic mass is 16.5. The Bertz CT molecular complexity index is 362. The average molecular weight is 211 g/mol. The molecular formula is C10H13NO4. The van der Waals surface area contributed by atoms with Gasteiger partial charge < -0.3 is 20.7 Å². The Balaban J connectivity index is 2.66. The second-order valence-corrected chi connectivity index (χ2v) is 3.48. The standard InChI is InChI=1S/C10H13NO4/c1-10(11,9(13)14)6-15-8-5-3-2-4-7(8)12/h2-5,12H,6,11H2,1H3,(H,13,14). The summed E-state index contributed by atoms with van der Waals surface area (Å²) in [6.45, 7) is 1.13. The van der Waals surface area contributed by atoms with Crippen LogP contribution in [0.1, 0.15) is 6.92 Å². The molecule has 0 fully saturated rings. The number of para-hydroxylation sites is 2. The van der Waals surface area contributed by atoms with Crippen LogP contribution in [-0.2, 0) is 4.79 Å². The van der Waals surface area contributed by atoms with E-state index in [9.17, 15) is 9.90 Å². The molecule has 0 aliphatic carbocycles.